The standard InChI is InChI=1S/C16H18N2O4S.C7H6O4/c1-17-16-13(9-4-2-3-5-12(9)23-16)15(22)18-8-6-10(19)14(21)11(20)7-8;8-3-4-1-5(9)7(11)6(10)2-4/h6-7,17,19-21H,2-5H2,1H3,(H,18,22);1-3,9-11H. The SMILES string of the molecule is CNc1sc2c(c1C(=O)Nc1cc(O)c(O)c(O)c1)CCCC2.O=Cc1cc(O)c(O)c(O)c1. The minimum Gasteiger partial charge on any atom is -0.504 e. The van der Waals surface area contributed by atoms with Gasteiger partial charge in [0.15, 0.2) is 34.5 Å². The fourth-order valence-corrected chi connectivity index (χ4v) is 4.79. The predicted molar refractivity (Wildman–Crippen MR) is 127 cm³/mol. The number of anilines is 2. The Morgan fingerprint density at radius 3 is 1.94 bits per heavy atom. The quantitative estimate of drug-likeness (QED) is 0.154. The molecule has 10 nitrogen and oxygen atoms in total. The van der Waals surface area contributed by atoms with Crippen LogP contribution in [0.1, 0.15) is 44.0 Å². The van der Waals surface area contributed by atoms with Crippen molar-refractivity contribution in [2.45, 2.75) is 25.7 Å². The fraction of sp³-hybridized carbons (Fsp3) is 0.217. The van der Waals surface area contributed by atoms with Crippen molar-refractivity contribution in [3.05, 3.63) is 45.8 Å². The van der Waals surface area contributed by atoms with Crippen LogP contribution >= 0.6 is 11.3 Å². The summed E-state index contributed by atoms with van der Waals surface area (Å²) < 4.78 is 0. The second-order valence-electron chi connectivity index (χ2n) is 7.51. The summed E-state index contributed by atoms with van der Waals surface area (Å²) in [7, 11) is 1.78. The summed E-state index contributed by atoms with van der Waals surface area (Å²) in [5, 5.41) is 61.5. The molecule has 0 saturated heterocycles. The van der Waals surface area contributed by atoms with Crippen LogP contribution in [0, 0.1) is 0 Å². The number of rotatable bonds is 4. The molecule has 1 aromatic heterocycles. The Morgan fingerprint density at radius 2 is 1.41 bits per heavy atom. The van der Waals surface area contributed by atoms with Gasteiger partial charge in [0, 0.05) is 35.3 Å². The number of phenols is 6. The number of phenolic OH excluding ortho intramolecular Hbond substituents is 6. The van der Waals surface area contributed by atoms with E-state index in [2.05, 4.69) is 10.6 Å². The van der Waals surface area contributed by atoms with Crippen LogP contribution in [-0.2, 0) is 12.8 Å². The van der Waals surface area contributed by atoms with Crippen molar-refractivity contribution < 1.29 is 40.2 Å². The van der Waals surface area contributed by atoms with E-state index in [1.54, 1.807) is 18.4 Å². The van der Waals surface area contributed by atoms with Gasteiger partial charge in [-0.1, -0.05) is 0 Å². The number of aromatic hydroxyl groups is 6. The van der Waals surface area contributed by atoms with Crippen molar-refractivity contribution in [3.63, 3.8) is 0 Å². The lowest BCUT2D eigenvalue weighted by molar-refractivity contribution is 0.102. The number of carbonyl (C=O) groups is 2. The van der Waals surface area contributed by atoms with Gasteiger partial charge in [-0.15, -0.1) is 11.3 Å². The molecule has 8 N–H and O–H groups in total. The molecule has 180 valence electrons. The topological polar surface area (TPSA) is 180 Å². The molecule has 0 saturated carbocycles. The molecule has 2 aromatic carbocycles. The van der Waals surface area contributed by atoms with Crippen LogP contribution in [0.5, 0.6) is 34.5 Å². The van der Waals surface area contributed by atoms with Crippen molar-refractivity contribution in [1.82, 2.24) is 0 Å². The first kappa shape index (κ1) is 24.5. The maximum absolute atomic E-state index is 12.7. The lowest BCUT2D eigenvalue weighted by atomic mass is 9.95. The first-order chi connectivity index (χ1) is 16.2. The largest absolute Gasteiger partial charge is 0.504 e. The molecule has 0 radical (unpaired) electrons. The van der Waals surface area contributed by atoms with Gasteiger partial charge in [0.2, 0.25) is 0 Å². The molecule has 0 unspecified atom stereocenters. The third-order valence-corrected chi connectivity index (χ3v) is 6.49. The van der Waals surface area contributed by atoms with E-state index in [1.165, 1.54) is 17.0 Å². The van der Waals surface area contributed by atoms with Crippen molar-refractivity contribution in [1.29, 1.82) is 0 Å². The highest BCUT2D eigenvalue weighted by Gasteiger charge is 2.25. The molecule has 4 rings (SSSR count). The minimum absolute atomic E-state index is 0.109. The van der Waals surface area contributed by atoms with E-state index < -0.39 is 34.5 Å². The van der Waals surface area contributed by atoms with Crippen LogP contribution in [0.2, 0.25) is 0 Å². The lowest BCUT2D eigenvalue weighted by Gasteiger charge is -2.13. The van der Waals surface area contributed by atoms with Crippen LogP contribution < -0.4 is 10.6 Å². The van der Waals surface area contributed by atoms with E-state index in [1.807, 2.05) is 0 Å². The Balaban J connectivity index is 0.000000248. The van der Waals surface area contributed by atoms with Gasteiger partial charge in [0.05, 0.1) is 5.56 Å². The Kier molecular flexibility index (Phi) is 7.37. The number of amides is 1. The highest BCUT2D eigenvalue weighted by molar-refractivity contribution is 7.16. The molecule has 34 heavy (non-hydrogen) atoms. The van der Waals surface area contributed by atoms with Crippen molar-refractivity contribution in [2.24, 2.45) is 0 Å². The van der Waals surface area contributed by atoms with E-state index in [9.17, 15) is 24.9 Å². The molecule has 1 heterocycles. The van der Waals surface area contributed by atoms with Crippen LogP contribution in [0.25, 0.3) is 0 Å². The van der Waals surface area contributed by atoms with Crippen LogP contribution in [0.3, 0.4) is 0 Å². The first-order valence-electron chi connectivity index (χ1n) is 10.2. The number of hydrogen-bond acceptors (Lipinski definition) is 10. The van der Waals surface area contributed by atoms with Crippen molar-refractivity contribution >= 4 is 34.2 Å². The van der Waals surface area contributed by atoms with Gasteiger partial charge in [-0.3, -0.25) is 9.59 Å². The highest BCUT2D eigenvalue weighted by Crippen LogP contribution is 2.40. The van der Waals surface area contributed by atoms with Gasteiger partial charge >= 0.3 is 0 Å². The number of carbonyl (C=O) groups excluding carboxylic acids is 2. The van der Waals surface area contributed by atoms with Crippen LogP contribution in [0.15, 0.2) is 24.3 Å². The summed E-state index contributed by atoms with van der Waals surface area (Å²) in [6.07, 6.45) is 4.52. The number of fused-ring (bicyclic) bond motifs is 1. The average molecular weight is 489 g/mol. The Bertz CT molecular complexity index is 1190. The lowest BCUT2D eigenvalue weighted by Crippen LogP contribution is -2.15. The molecular weight excluding hydrogens is 464 g/mol. The van der Waals surface area contributed by atoms with E-state index in [4.69, 9.17) is 15.3 Å². The van der Waals surface area contributed by atoms with Gasteiger partial charge in [-0.2, -0.15) is 0 Å². The number of nitrogens with one attached hydrogen (secondary N) is 2. The fourth-order valence-electron chi connectivity index (χ4n) is 3.55. The zero-order valence-corrected chi connectivity index (χ0v) is 18.9. The average Bonchev–Trinajstić information content (AvgIpc) is 3.20. The molecule has 11 heteroatoms. The number of thiophene rings is 1. The normalized spacial score (nSPS) is 12.1. The van der Waals surface area contributed by atoms with E-state index >= 15 is 0 Å². The summed E-state index contributed by atoms with van der Waals surface area (Å²) in [6.45, 7) is 0. The molecule has 0 spiro atoms. The molecular formula is C23H24N2O8S. The minimum atomic E-state index is -0.615. The Labute approximate surface area is 198 Å². The summed E-state index contributed by atoms with van der Waals surface area (Å²) in [6, 6.07) is 4.51. The first-order valence-corrected chi connectivity index (χ1v) is 11.1. The summed E-state index contributed by atoms with van der Waals surface area (Å²) in [5.74, 6) is -3.50. The van der Waals surface area contributed by atoms with Gasteiger partial charge in [-0.05, 0) is 43.4 Å². The molecule has 0 bridgehead atoms. The predicted octanol–water partition coefficient (Wildman–Crippen LogP) is 3.65. The molecule has 0 aliphatic heterocycles. The second kappa shape index (κ2) is 10.2. The maximum atomic E-state index is 12.7. The number of aryl methyl sites for hydroxylation is 1. The van der Waals surface area contributed by atoms with E-state index in [-0.39, 0.29) is 17.2 Å². The van der Waals surface area contributed by atoms with Crippen molar-refractivity contribution in [2.75, 3.05) is 17.7 Å². The summed E-state index contributed by atoms with van der Waals surface area (Å²) in [4.78, 5) is 24.0. The zero-order valence-electron chi connectivity index (χ0n) is 18.1. The van der Waals surface area contributed by atoms with Crippen molar-refractivity contribution in [3.8, 4) is 34.5 Å². The molecule has 1 amide bonds. The van der Waals surface area contributed by atoms with E-state index in [0.29, 0.717) is 11.8 Å². The number of benzene rings is 2. The number of aldehydes is 1. The third-order valence-electron chi connectivity index (χ3n) is 5.18. The van der Waals surface area contributed by atoms with Gasteiger partial charge in [0.25, 0.3) is 5.91 Å². The third kappa shape index (κ3) is 5.09. The maximum Gasteiger partial charge on any atom is 0.258 e. The summed E-state index contributed by atoms with van der Waals surface area (Å²) in [5.41, 5.74) is 2.04. The highest BCUT2D eigenvalue weighted by atomic mass is 32.1. The van der Waals surface area contributed by atoms with Gasteiger partial charge < -0.3 is 41.3 Å². The molecule has 1 aliphatic rings. The van der Waals surface area contributed by atoms with E-state index in [0.717, 1.165) is 48.4 Å². The summed E-state index contributed by atoms with van der Waals surface area (Å²) >= 11 is 1.60. The van der Waals surface area contributed by atoms with Gasteiger partial charge in [-0.25, -0.2) is 0 Å². The molecule has 1 aliphatic carbocycles. The molecule has 0 atom stereocenters. The van der Waals surface area contributed by atoms with Crippen LogP contribution in [0.4, 0.5) is 10.7 Å². The zero-order chi connectivity index (χ0) is 25.0. The molecule has 0 fully saturated rings. The smallest absolute Gasteiger partial charge is 0.258 e. The monoisotopic (exact) mass is 488 g/mol. The number of hydrogen-bond donors (Lipinski definition) is 8. The Morgan fingerprint density at radius 1 is 0.882 bits per heavy atom. The Hall–Kier alpha value is -4.12. The molecule has 3 aromatic rings. The second-order valence-corrected chi connectivity index (χ2v) is 8.61. The van der Waals surface area contributed by atoms with Gasteiger partial charge in [0.1, 0.15) is 11.3 Å². The van der Waals surface area contributed by atoms with Crippen LogP contribution in [-0.4, -0.2) is 49.9 Å².